The van der Waals surface area contributed by atoms with E-state index in [1.54, 1.807) is 91.0 Å². The number of benzene rings is 6. The number of esters is 3. The summed E-state index contributed by atoms with van der Waals surface area (Å²) in [6, 6.07) is 54.4. The molecule has 6 aromatic carbocycles. The molecular weight excluding hydrogens is 869 g/mol. The maximum absolute atomic E-state index is 14.0. The van der Waals surface area contributed by atoms with Gasteiger partial charge in [-0.05, 0) is 53.1 Å². The molecule has 9 atom stereocenters. The monoisotopic (exact) mass is 922 g/mol. The molecule has 13 nitrogen and oxygen atoms in total. The lowest BCUT2D eigenvalue weighted by Crippen LogP contribution is -2.63. The maximum atomic E-state index is 14.0. The Labute approximate surface area is 395 Å². The number of carbonyl (C=O) groups excluding carboxylic acids is 3. The predicted octanol–water partition coefficient (Wildman–Crippen LogP) is 8.55. The minimum atomic E-state index is -1.46. The highest BCUT2D eigenvalue weighted by Gasteiger charge is 2.53. The van der Waals surface area contributed by atoms with Gasteiger partial charge in [0, 0.05) is 13.5 Å². The largest absolute Gasteiger partial charge is 0.452 e. The van der Waals surface area contributed by atoms with Crippen LogP contribution in [0, 0.1) is 0 Å². The molecule has 2 saturated heterocycles. The topological polar surface area (TPSA) is 144 Å². The number of hydrogen-bond acceptors (Lipinski definition) is 13. The second-order valence-corrected chi connectivity index (χ2v) is 16.3. The highest BCUT2D eigenvalue weighted by atomic mass is 16.7. The molecule has 0 bridgehead atoms. The van der Waals surface area contributed by atoms with E-state index in [1.807, 2.05) is 91.0 Å². The molecule has 0 saturated carbocycles. The fraction of sp³-hybridized carbons (Fsp3) is 0.291. The Balaban J connectivity index is 1.09. The van der Waals surface area contributed by atoms with Crippen molar-refractivity contribution in [3.05, 3.63) is 215 Å². The molecule has 0 amide bonds. The van der Waals surface area contributed by atoms with Crippen LogP contribution < -0.4 is 0 Å². The summed E-state index contributed by atoms with van der Waals surface area (Å²) in [4.78, 5) is 41.6. The van der Waals surface area contributed by atoms with Crippen molar-refractivity contribution in [2.24, 2.45) is 0 Å². The van der Waals surface area contributed by atoms with Crippen molar-refractivity contribution in [3.8, 4) is 0 Å². The Kier molecular flexibility index (Phi) is 17.2. The summed E-state index contributed by atoms with van der Waals surface area (Å²) in [5, 5.41) is 0. The van der Waals surface area contributed by atoms with Crippen LogP contribution in [0.4, 0.5) is 0 Å². The number of ether oxygens (including phenoxy) is 10. The standard InChI is InChI=1S/C55H54O13/c1-59-55-51(68-54(58)43-30-18-7-19-31-43)50(67-53(57)42-28-16-6-17-29-42)49(66-52(56)41-26-14-5-15-27-41)46(65-55)37-62-47-32-44(61-34-39-22-10-3-11-23-39)48(63-35-40-24-12-4-13-25-40)45(64-47)36-60-33-38-20-8-2-9-21-38/h2-31,44-51,55H,32-37H2,1H3/t44-,45-,46-,47+,48+,49-,50+,51+,55+/m1/s1. The highest BCUT2D eigenvalue weighted by molar-refractivity contribution is 5.91. The van der Waals surface area contributed by atoms with Crippen molar-refractivity contribution in [3.63, 3.8) is 0 Å². The quantitative estimate of drug-likeness (QED) is 0.0534. The molecule has 2 aliphatic rings. The first-order valence-corrected chi connectivity index (χ1v) is 22.6. The maximum Gasteiger partial charge on any atom is 0.338 e. The SMILES string of the molecule is CO[C@H]1O[C@H](CO[C@@H]2C[C@@H](OCc3ccccc3)[C@H](OCc3ccccc3)[C@@H](COCc3ccccc3)O2)[C@@H](OC(=O)c2ccccc2)[C@H](OC(=O)c2ccccc2)[C@@H]1OC(=O)c1ccccc1. The summed E-state index contributed by atoms with van der Waals surface area (Å²) in [5.74, 6) is -2.25. The Morgan fingerprint density at radius 2 is 0.853 bits per heavy atom. The molecule has 13 heteroatoms. The molecule has 2 fully saturated rings. The minimum absolute atomic E-state index is 0.133. The van der Waals surface area contributed by atoms with Crippen LogP contribution in [-0.4, -0.2) is 93.5 Å². The predicted molar refractivity (Wildman–Crippen MR) is 248 cm³/mol. The minimum Gasteiger partial charge on any atom is -0.452 e. The summed E-state index contributed by atoms with van der Waals surface area (Å²) in [6.07, 6.45) is -9.27. The third-order valence-corrected chi connectivity index (χ3v) is 11.5. The average Bonchev–Trinajstić information content (AvgIpc) is 3.39. The van der Waals surface area contributed by atoms with Crippen LogP contribution in [0.3, 0.4) is 0 Å². The van der Waals surface area contributed by atoms with Crippen molar-refractivity contribution >= 4 is 17.9 Å². The third-order valence-electron chi connectivity index (χ3n) is 11.5. The van der Waals surface area contributed by atoms with Crippen LogP contribution >= 0.6 is 0 Å². The first-order chi connectivity index (χ1) is 33.4. The third kappa shape index (κ3) is 13.1. The molecule has 0 N–H and O–H groups in total. The molecule has 8 rings (SSSR count). The van der Waals surface area contributed by atoms with Gasteiger partial charge in [0.2, 0.25) is 0 Å². The number of methoxy groups -OCH3 is 1. The van der Waals surface area contributed by atoms with E-state index in [0.29, 0.717) is 13.2 Å². The summed E-state index contributed by atoms with van der Waals surface area (Å²) in [5.41, 5.74) is 3.60. The van der Waals surface area contributed by atoms with Crippen molar-refractivity contribution in [1.82, 2.24) is 0 Å². The van der Waals surface area contributed by atoms with Gasteiger partial charge in [-0.3, -0.25) is 0 Å². The van der Waals surface area contributed by atoms with Crippen LogP contribution in [0.15, 0.2) is 182 Å². The van der Waals surface area contributed by atoms with E-state index >= 15 is 0 Å². The number of hydrogen-bond donors (Lipinski definition) is 0. The van der Waals surface area contributed by atoms with Gasteiger partial charge in [-0.1, -0.05) is 146 Å². The van der Waals surface area contributed by atoms with Crippen molar-refractivity contribution in [2.75, 3.05) is 20.3 Å². The molecule has 0 spiro atoms. The second-order valence-electron chi connectivity index (χ2n) is 16.3. The normalized spacial score (nSPS) is 23.5. The van der Waals surface area contributed by atoms with E-state index in [1.165, 1.54) is 7.11 Å². The fourth-order valence-corrected chi connectivity index (χ4v) is 8.03. The molecule has 2 heterocycles. The number of carbonyl (C=O) groups is 3. The van der Waals surface area contributed by atoms with Crippen LogP contribution in [0.2, 0.25) is 0 Å². The van der Waals surface area contributed by atoms with E-state index in [9.17, 15) is 14.4 Å². The van der Waals surface area contributed by atoms with E-state index in [-0.39, 0.29) is 42.9 Å². The van der Waals surface area contributed by atoms with Crippen molar-refractivity contribution in [2.45, 2.75) is 81.5 Å². The summed E-state index contributed by atoms with van der Waals surface area (Å²) < 4.78 is 63.7. The van der Waals surface area contributed by atoms with Gasteiger partial charge in [-0.15, -0.1) is 0 Å². The summed E-state index contributed by atoms with van der Waals surface area (Å²) >= 11 is 0. The van der Waals surface area contributed by atoms with Gasteiger partial charge in [-0.25, -0.2) is 14.4 Å². The van der Waals surface area contributed by atoms with Gasteiger partial charge in [-0.2, -0.15) is 0 Å². The van der Waals surface area contributed by atoms with Gasteiger partial charge >= 0.3 is 17.9 Å². The zero-order valence-corrected chi connectivity index (χ0v) is 37.6. The molecule has 352 valence electrons. The fourth-order valence-electron chi connectivity index (χ4n) is 8.03. The van der Waals surface area contributed by atoms with Crippen LogP contribution in [0.25, 0.3) is 0 Å². The smallest absolute Gasteiger partial charge is 0.338 e. The molecule has 68 heavy (non-hydrogen) atoms. The summed E-state index contributed by atoms with van der Waals surface area (Å²) in [7, 11) is 1.37. The van der Waals surface area contributed by atoms with Crippen molar-refractivity contribution in [1.29, 1.82) is 0 Å². The van der Waals surface area contributed by atoms with Gasteiger partial charge in [0.05, 0.1) is 55.8 Å². The Morgan fingerprint density at radius 1 is 0.441 bits per heavy atom. The molecule has 2 aliphatic heterocycles. The number of rotatable bonds is 20. The van der Waals surface area contributed by atoms with Gasteiger partial charge in [0.15, 0.2) is 30.9 Å². The molecule has 6 aromatic rings. The van der Waals surface area contributed by atoms with Crippen LogP contribution in [0.5, 0.6) is 0 Å². The Morgan fingerprint density at radius 3 is 1.34 bits per heavy atom. The van der Waals surface area contributed by atoms with E-state index < -0.39 is 73.2 Å². The van der Waals surface area contributed by atoms with E-state index in [4.69, 9.17) is 47.4 Å². The molecule has 0 unspecified atom stereocenters. The highest BCUT2D eigenvalue weighted by Crippen LogP contribution is 2.34. The molecule has 0 radical (unpaired) electrons. The van der Waals surface area contributed by atoms with Crippen LogP contribution in [0.1, 0.15) is 54.2 Å². The lowest BCUT2D eigenvalue weighted by molar-refractivity contribution is -0.315. The van der Waals surface area contributed by atoms with Gasteiger partial charge in [0.25, 0.3) is 0 Å². The van der Waals surface area contributed by atoms with Crippen LogP contribution in [-0.2, 0) is 67.2 Å². The molecular formula is C55H54O13. The first-order valence-electron chi connectivity index (χ1n) is 22.6. The Hall–Kier alpha value is -6.55. The summed E-state index contributed by atoms with van der Waals surface area (Å²) in [6.45, 7) is 0.776. The zero-order chi connectivity index (χ0) is 46.9. The Bertz CT molecular complexity index is 2450. The first kappa shape index (κ1) is 47.9. The average molecular weight is 923 g/mol. The lowest BCUT2D eigenvalue weighted by atomic mass is 9.97. The zero-order valence-electron chi connectivity index (χ0n) is 37.6. The van der Waals surface area contributed by atoms with Gasteiger partial charge < -0.3 is 47.4 Å². The van der Waals surface area contributed by atoms with E-state index in [0.717, 1.165) is 16.7 Å². The molecule has 0 aliphatic carbocycles. The van der Waals surface area contributed by atoms with Gasteiger partial charge in [0.1, 0.15) is 18.3 Å². The molecule has 0 aromatic heterocycles. The van der Waals surface area contributed by atoms with E-state index in [2.05, 4.69) is 0 Å². The second kappa shape index (κ2) is 24.5. The lowest BCUT2D eigenvalue weighted by Gasteiger charge is -2.45. The van der Waals surface area contributed by atoms with Crippen molar-refractivity contribution < 1.29 is 61.8 Å².